The van der Waals surface area contributed by atoms with Crippen LogP contribution in [0.1, 0.15) is 0 Å². The lowest BCUT2D eigenvalue weighted by molar-refractivity contribution is 0.324. The highest BCUT2D eigenvalue weighted by molar-refractivity contribution is 5.67. The van der Waals surface area contributed by atoms with Gasteiger partial charge in [0.05, 0.1) is 26.9 Å². The van der Waals surface area contributed by atoms with Gasteiger partial charge in [-0.05, 0) is 24.3 Å². The molecule has 0 bridgehead atoms. The van der Waals surface area contributed by atoms with Crippen molar-refractivity contribution in [2.75, 3.05) is 21.3 Å². The molecule has 7 heteroatoms. The van der Waals surface area contributed by atoms with Gasteiger partial charge in [-0.25, -0.2) is 4.39 Å². The summed E-state index contributed by atoms with van der Waals surface area (Å²) in [5.74, 6) is 1.33. The van der Waals surface area contributed by atoms with Crippen LogP contribution < -0.4 is 14.2 Å². The lowest BCUT2D eigenvalue weighted by Gasteiger charge is -2.12. The van der Waals surface area contributed by atoms with E-state index in [0.717, 1.165) is 0 Å². The fraction of sp³-hybridized carbons (Fsp3) is 0.176. The van der Waals surface area contributed by atoms with E-state index in [9.17, 15) is 4.39 Å². The van der Waals surface area contributed by atoms with Gasteiger partial charge in [-0.3, -0.25) is 0 Å². The Kier molecular flexibility index (Phi) is 4.33. The van der Waals surface area contributed by atoms with Gasteiger partial charge in [-0.2, -0.15) is 4.98 Å². The molecule has 0 aliphatic rings. The molecular weight excluding hydrogens is 315 g/mol. The van der Waals surface area contributed by atoms with Gasteiger partial charge in [0.2, 0.25) is 11.6 Å². The zero-order valence-electron chi connectivity index (χ0n) is 13.4. The number of hydrogen-bond donors (Lipinski definition) is 0. The molecular formula is C17H15FN2O4. The molecule has 0 aliphatic carbocycles. The Balaban J connectivity index is 2.06. The van der Waals surface area contributed by atoms with Crippen LogP contribution >= 0.6 is 0 Å². The van der Waals surface area contributed by atoms with Crippen molar-refractivity contribution in [1.82, 2.24) is 10.1 Å². The molecule has 3 aromatic rings. The minimum atomic E-state index is -0.433. The Morgan fingerprint density at radius 3 is 2.21 bits per heavy atom. The maximum atomic E-state index is 13.8. The van der Waals surface area contributed by atoms with Gasteiger partial charge >= 0.3 is 0 Å². The minimum absolute atomic E-state index is 0.0943. The average Bonchev–Trinajstić information content (AvgIpc) is 3.10. The van der Waals surface area contributed by atoms with Crippen LogP contribution in [0, 0.1) is 5.82 Å². The third kappa shape index (κ3) is 2.76. The van der Waals surface area contributed by atoms with Crippen molar-refractivity contribution in [2.45, 2.75) is 0 Å². The molecule has 1 heterocycles. The average molecular weight is 330 g/mol. The highest BCUT2D eigenvalue weighted by Gasteiger charge is 2.18. The van der Waals surface area contributed by atoms with Crippen LogP contribution in [-0.4, -0.2) is 31.5 Å². The summed E-state index contributed by atoms with van der Waals surface area (Å²) < 4.78 is 34.9. The topological polar surface area (TPSA) is 66.6 Å². The Hall–Kier alpha value is -3.09. The van der Waals surface area contributed by atoms with Crippen molar-refractivity contribution in [3.05, 3.63) is 42.2 Å². The van der Waals surface area contributed by atoms with E-state index in [2.05, 4.69) is 10.1 Å². The molecule has 0 unspecified atom stereocenters. The summed E-state index contributed by atoms with van der Waals surface area (Å²) in [4.78, 5) is 4.25. The summed E-state index contributed by atoms with van der Waals surface area (Å²) in [6.07, 6.45) is 0. The second-order valence-electron chi connectivity index (χ2n) is 4.82. The van der Waals surface area contributed by atoms with Crippen molar-refractivity contribution < 1.29 is 23.1 Å². The third-order valence-corrected chi connectivity index (χ3v) is 3.45. The summed E-state index contributed by atoms with van der Waals surface area (Å²) in [7, 11) is 4.55. The summed E-state index contributed by atoms with van der Waals surface area (Å²) >= 11 is 0. The Bertz CT molecular complexity index is 838. The molecule has 2 aromatic carbocycles. The van der Waals surface area contributed by atoms with E-state index in [1.807, 2.05) is 0 Å². The Morgan fingerprint density at radius 2 is 1.62 bits per heavy atom. The zero-order valence-corrected chi connectivity index (χ0v) is 13.4. The predicted octanol–water partition coefficient (Wildman–Crippen LogP) is 3.57. The molecule has 0 fully saturated rings. The SMILES string of the molecule is COc1cc(-c2noc(-c3ccccc3F)n2)cc(OC)c1OC. The summed E-state index contributed by atoms with van der Waals surface area (Å²) in [5, 5.41) is 3.91. The maximum Gasteiger partial charge on any atom is 0.261 e. The highest BCUT2D eigenvalue weighted by Crippen LogP contribution is 2.40. The number of methoxy groups -OCH3 is 3. The number of rotatable bonds is 5. The quantitative estimate of drug-likeness (QED) is 0.712. The van der Waals surface area contributed by atoms with Gasteiger partial charge in [0.1, 0.15) is 5.82 Å². The van der Waals surface area contributed by atoms with Crippen LogP contribution in [0.5, 0.6) is 17.2 Å². The third-order valence-electron chi connectivity index (χ3n) is 3.45. The Labute approximate surface area is 137 Å². The maximum absolute atomic E-state index is 13.8. The normalized spacial score (nSPS) is 10.5. The molecule has 0 amide bonds. The van der Waals surface area contributed by atoms with Crippen LogP contribution in [-0.2, 0) is 0 Å². The van der Waals surface area contributed by atoms with E-state index in [1.165, 1.54) is 27.4 Å². The van der Waals surface area contributed by atoms with E-state index in [0.29, 0.717) is 22.8 Å². The van der Waals surface area contributed by atoms with Gasteiger partial charge in [-0.1, -0.05) is 17.3 Å². The molecule has 0 saturated heterocycles. The zero-order chi connectivity index (χ0) is 17.1. The molecule has 0 spiro atoms. The van der Waals surface area contributed by atoms with Gasteiger partial charge in [0.25, 0.3) is 5.89 Å². The highest BCUT2D eigenvalue weighted by atomic mass is 19.1. The second-order valence-corrected chi connectivity index (χ2v) is 4.82. The fourth-order valence-corrected chi connectivity index (χ4v) is 2.29. The van der Waals surface area contributed by atoms with Crippen molar-refractivity contribution in [3.8, 4) is 40.1 Å². The number of aromatic nitrogens is 2. The smallest absolute Gasteiger partial charge is 0.261 e. The van der Waals surface area contributed by atoms with Crippen molar-refractivity contribution in [3.63, 3.8) is 0 Å². The number of hydrogen-bond acceptors (Lipinski definition) is 6. The summed E-state index contributed by atoms with van der Waals surface area (Å²) in [6, 6.07) is 9.58. The van der Waals surface area contributed by atoms with Gasteiger partial charge in [-0.15, -0.1) is 0 Å². The molecule has 0 radical (unpaired) electrons. The van der Waals surface area contributed by atoms with E-state index < -0.39 is 5.82 Å². The van der Waals surface area contributed by atoms with E-state index in [-0.39, 0.29) is 17.3 Å². The van der Waals surface area contributed by atoms with Crippen molar-refractivity contribution in [2.24, 2.45) is 0 Å². The van der Waals surface area contributed by atoms with Gasteiger partial charge in [0.15, 0.2) is 11.5 Å². The van der Waals surface area contributed by atoms with E-state index in [4.69, 9.17) is 18.7 Å². The predicted molar refractivity (Wildman–Crippen MR) is 84.8 cm³/mol. The standard InChI is InChI=1S/C17H15FN2O4/c1-21-13-8-10(9-14(22-2)15(13)23-3)16-19-17(24-20-16)11-6-4-5-7-12(11)18/h4-9H,1-3H3. The number of ether oxygens (including phenoxy) is 3. The molecule has 0 atom stereocenters. The second kappa shape index (κ2) is 6.57. The number of nitrogens with zero attached hydrogens (tertiary/aromatic N) is 2. The lowest BCUT2D eigenvalue weighted by atomic mass is 10.1. The van der Waals surface area contributed by atoms with Crippen LogP contribution in [0.3, 0.4) is 0 Å². The summed E-state index contributed by atoms with van der Waals surface area (Å²) in [5.41, 5.74) is 0.833. The van der Waals surface area contributed by atoms with Crippen LogP contribution in [0.2, 0.25) is 0 Å². The van der Waals surface area contributed by atoms with Crippen LogP contribution in [0.4, 0.5) is 4.39 Å². The van der Waals surface area contributed by atoms with Crippen LogP contribution in [0.15, 0.2) is 40.9 Å². The van der Waals surface area contributed by atoms with Gasteiger partial charge in [0, 0.05) is 5.56 Å². The van der Waals surface area contributed by atoms with Gasteiger partial charge < -0.3 is 18.7 Å². The van der Waals surface area contributed by atoms with Crippen LogP contribution in [0.25, 0.3) is 22.8 Å². The summed E-state index contributed by atoms with van der Waals surface area (Å²) in [6.45, 7) is 0. The molecule has 0 saturated carbocycles. The van der Waals surface area contributed by atoms with Crippen molar-refractivity contribution in [1.29, 1.82) is 0 Å². The first kappa shape index (κ1) is 15.8. The van der Waals surface area contributed by atoms with E-state index in [1.54, 1.807) is 30.3 Å². The number of benzene rings is 2. The van der Waals surface area contributed by atoms with E-state index >= 15 is 0 Å². The molecule has 24 heavy (non-hydrogen) atoms. The molecule has 124 valence electrons. The first-order chi connectivity index (χ1) is 11.7. The monoisotopic (exact) mass is 330 g/mol. The molecule has 3 rings (SSSR count). The lowest BCUT2D eigenvalue weighted by Crippen LogP contribution is -1.96. The largest absolute Gasteiger partial charge is 0.493 e. The number of halogens is 1. The Morgan fingerprint density at radius 1 is 0.958 bits per heavy atom. The first-order valence-corrected chi connectivity index (χ1v) is 7.07. The molecule has 1 aromatic heterocycles. The molecule has 6 nitrogen and oxygen atoms in total. The van der Waals surface area contributed by atoms with Crippen molar-refractivity contribution >= 4 is 0 Å². The fourth-order valence-electron chi connectivity index (χ4n) is 2.29. The first-order valence-electron chi connectivity index (χ1n) is 7.07. The molecule has 0 N–H and O–H groups in total. The molecule has 0 aliphatic heterocycles. The minimum Gasteiger partial charge on any atom is -0.493 e.